The molecule has 106 valence electrons. The maximum Gasteiger partial charge on any atom is 0.243 e. The molecule has 2 rings (SSSR count). The Hall–Kier alpha value is -0.720. The molecular weight excluding hydrogens is 296 g/mol. The summed E-state index contributed by atoms with van der Waals surface area (Å²) in [6.07, 6.45) is 2.69. The van der Waals surface area contributed by atoms with Crippen LogP contribution in [0, 0.1) is 11.6 Å². The molecule has 0 heterocycles. The first-order valence-electron chi connectivity index (χ1n) is 6.00. The van der Waals surface area contributed by atoms with E-state index >= 15 is 0 Å². The molecule has 7 heteroatoms. The third-order valence-electron chi connectivity index (χ3n) is 3.16. The van der Waals surface area contributed by atoms with E-state index in [4.69, 9.17) is 11.6 Å². The summed E-state index contributed by atoms with van der Waals surface area (Å²) in [7, 11) is -3.96. The van der Waals surface area contributed by atoms with Gasteiger partial charge in [0.1, 0.15) is 16.5 Å². The molecule has 0 spiro atoms. The smallest absolute Gasteiger partial charge is 0.208 e. The van der Waals surface area contributed by atoms with Gasteiger partial charge in [-0.05, 0) is 37.8 Å². The fourth-order valence-corrected chi connectivity index (χ4v) is 3.76. The van der Waals surface area contributed by atoms with E-state index in [0.717, 1.165) is 25.0 Å². The Bertz CT molecular complexity index is 557. The average Bonchev–Trinajstić information content (AvgIpc) is 2.31. The van der Waals surface area contributed by atoms with Crippen LogP contribution < -0.4 is 4.72 Å². The van der Waals surface area contributed by atoms with E-state index < -0.39 is 26.6 Å². The first-order valence-corrected chi connectivity index (χ1v) is 7.92. The minimum Gasteiger partial charge on any atom is -0.208 e. The standard InChI is InChI=1S/C12H14ClF2NO2S/c13-8-1-4-10(5-2-8)16-19(17,18)12-6-3-9(14)7-11(12)15/h3,6-8,10,16H,1-2,4-5H2. The van der Waals surface area contributed by atoms with E-state index in [2.05, 4.69) is 4.72 Å². The van der Waals surface area contributed by atoms with E-state index in [1.54, 1.807) is 0 Å². The number of halogens is 3. The van der Waals surface area contributed by atoms with Crippen molar-refractivity contribution >= 4 is 21.6 Å². The van der Waals surface area contributed by atoms with Crippen molar-refractivity contribution in [2.75, 3.05) is 0 Å². The van der Waals surface area contributed by atoms with Crippen LogP contribution in [-0.2, 0) is 10.0 Å². The lowest BCUT2D eigenvalue weighted by Crippen LogP contribution is -2.38. The fourth-order valence-electron chi connectivity index (χ4n) is 2.15. The van der Waals surface area contributed by atoms with Crippen LogP contribution in [0.25, 0.3) is 0 Å². The molecule has 0 radical (unpaired) electrons. The molecule has 0 unspecified atom stereocenters. The van der Waals surface area contributed by atoms with Crippen molar-refractivity contribution in [3.63, 3.8) is 0 Å². The third kappa shape index (κ3) is 3.64. The highest BCUT2D eigenvalue weighted by atomic mass is 35.5. The van der Waals surface area contributed by atoms with E-state index in [1.165, 1.54) is 0 Å². The summed E-state index contributed by atoms with van der Waals surface area (Å²) in [5, 5.41) is 0.0725. The zero-order chi connectivity index (χ0) is 14.0. The fraction of sp³-hybridized carbons (Fsp3) is 0.500. The average molecular weight is 310 g/mol. The van der Waals surface area contributed by atoms with E-state index in [9.17, 15) is 17.2 Å². The van der Waals surface area contributed by atoms with E-state index in [-0.39, 0.29) is 11.4 Å². The van der Waals surface area contributed by atoms with Gasteiger partial charge in [0.25, 0.3) is 0 Å². The molecule has 0 atom stereocenters. The molecule has 1 saturated carbocycles. The zero-order valence-electron chi connectivity index (χ0n) is 10.1. The molecule has 0 bridgehead atoms. The number of sulfonamides is 1. The van der Waals surface area contributed by atoms with Gasteiger partial charge in [0, 0.05) is 17.5 Å². The van der Waals surface area contributed by atoms with Crippen molar-refractivity contribution in [2.24, 2.45) is 0 Å². The van der Waals surface area contributed by atoms with Crippen LogP contribution in [0.15, 0.2) is 23.1 Å². The number of nitrogens with one attached hydrogen (secondary N) is 1. The van der Waals surface area contributed by atoms with Crippen molar-refractivity contribution in [3.8, 4) is 0 Å². The highest BCUT2D eigenvalue weighted by Crippen LogP contribution is 2.24. The highest BCUT2D eigenvalue weighted by Gasteiger charge is 2.26. The largest absolute Gasteiger partial charge is 0.243 e. The van der Waals surface area contributed by atoms with Crippen LogP contribution in [-0.4, -0.2) is 19.8 Å². The van der Waals surface area contributed by atoms with Gasteiger partial charge in [-0.15, -0.1) is 11.6 Å². The van der Waals surface area contributed by atoms with Gasteiger partial charge in [-0.1, -0.05) is 0 Å². The predicted molar refractivity (Wildman–Crippen MR) is 68.6 cm³/mol. The molecule has 0 saturated heterocycles. The molecule has 1 aromatic rings. The summed E-state index contributed by atoms with van der Waals surface area (Å²) in [4.78, 5) is -0.526. The number of hydrogen-bond donors (Lipinski definition) is 1. The molecule has 0 aromatic heterocycles. The second-order valence-electron chi connectivity index (χ2n) is 4.64. The summed E-state index contributed by atoms with van der Waals surface area (Å²) in [6, 6.07) is 2.17. The Labute approximate surface area is 116 Å². The molecular formula is C12H14ClF2NO2S. The molecule has 19 heavy (non-hydrogen) atoms. The first-order chi connectivity index (χ1) is 8.88. The van der Waals surface area contributed by atoms with Gasteiger partial charge in [-0.2, -0.15) is 0 Å². The van der Waals surface area contributed by atoms with E-state index in [0.29, 0.717) is 18.9 Å². The van der Waals surface area contributed by atoms with Crippen LogP contribution in [0.2, 0.25) is 0 Å². The summed E-state index contributed by atoms with van der Waals surface area (Å²) in [6.45, 7) is 0. The number of rotatable bonds is 3. The Kier molecular flexibility index (Phi) is 4.43. The topological polar surface area (TPSA) is 46.2 Å². The van der Waals surface area contributed by atoms with Crippen molar-refractivity contribution in [1.82, 2.24) is 4.72 Å². The van der Waals surface area contributed by atoms with Gasteiger partial charge in [-0.25, -0.2) is 21.9 Å². The predicted octanol–water partition coefficient (Wildman–Crippen LogP) is 2.79. The lowest BCUT2D eigenvalue weighted by molar-refractivity contribution is 0.415. The second kappa shape index (κ2) is 5.73. The van der Waals surface area contributed by atoms with E-state index in [1.807, 2.05) is 0 Å². The normalized spacial score (nSPS) is 24.4. The monoisotopic (exact) mass is 309 g/mol. The first kappa shape index (κ1) is 14.7. The molecule has 1 aliphatic rings. The lowest BCUT2D eigenvalue weighted by Gasteiger charge is -2.25. The SMILES string of the molecule is O=S(=O)(NC1CCC(Cl)CC1)c1ccc(F)cc1F. The number of benzene rings is 1. The van der Waals surface area contributed by atoms with Crippen LogP contribution in [0.3, 0.4) is 0 Å². The van der Waals surface area contributed by atoms with Crippen LogP contribution >= 0.6 is 11.6 Å². The second-order valence-corrected chi connectivity index (χ2v) is 6.94. The highest BCUT2D eigenvalue weighted by molar-refractivity contribution is 7.89. The Balaban J connectivity index is 2.14. The summed E-state index contributed by atoms with van der Waals surface area (Å²) < 4.78 is 52.7. The summed E-state index contributed by atoms with van der Waals surface area (Å²) in [5.41, 5.74) is 0. The molecule has 0 amide bonds. The number of alkyl halides is 1. The Morgan fingerprint density at radius 3 is 2.37 bits per heavy atom. The van der Waals surface area contributed by atoms with Gasteiger partial charge < -0.3 is 0 Å². The lowest BCUT2D eigenvalue weighted by atomic mass is 9.96. The van der Waals surface area contributed by atoms with Crippen LogP contribution in [0.4, 0.5) is 8.78 Å². The molecule has 1 aromatic carbocycles. The van der Waals surface area contributed by atoms with Crippen LogP contribution in [0.5, 0.6) is 0 Å². The maximum absolute atomic E-state index is 13.5. The Morgan fingerprint density at radius 1 is 1.16 bits per heavy atom. The minimum atomic E-state index is -3.96. The van der Waals surface area contributed by atoms with Gasteiger partial charge in [0.05, 0.1) is 0 Å². The van der Waals surface area contributed by atoms with Gasteiger partial charge >= 0.3 is 0 Å². The summed E-state index contributed by atoms with van der Waals surface area (Å²) >= 11 is 5.93. The minimum absolute atomic E-state index is 0.0725. The molecule has 1 N–H and O–H groups in total. The molecule has 0 aliphatic heterocycles. The molecule has 3 nitrogen and oxygen atoms in total. The molecule has 1 aliphatic carbocycles. The van der Waals surface area contributed by atoms with Crippen molar-refractivity contribution in [3.05, 3.63) is 29.8 Å². The Morgan fingerprint density at radius 2 is 1.79 bits per heavy atom. The molecule has 1 fully saturated rings. The van der Waals surface area contributed by atoms with Gasteiger partial charge in [0.2, 0.25) is 10.0 Å². The van der Waals surface area contributed by atoms with Crippen molar-refractivity contribution in [2.45, 2.75) is 42.0 Å². The maximum atomic E-state index is 13.5. The third-order valence-corrected chi connectivity index (χ3v) is 5.15. The van der Waals surface area contributed by atoms with Gasteiger partial charge in [0.15, 0.2) is 0 Å². The van der Waals surface area contributed by atoms with Crippen molar-refractivity contribution in [1.29, 1.82) is 0 Å². The van der Waals surface area contributed by atoms with Crippen molar-refractivity contribution < 1.29 is 17.2 Å². The zero-order valence-corrected chi connectivity index (χ0v) is 11.6. The van der Waals surface area contributed by atoms with Gasteiger partial charge in [-0.3, -0.25) is 0 Å². The van der Waals surface area contributed by atoms with Crippen LogP contribution in [0.1, 0.15) is 25.7 Å². The quantitative estimate of drug-likeness (QED) is 0.873. The number of hydrogen-bond acceptors (Lipinski definition) is 2. The summed E-state index contributed by atoms with van der Waals surface area (Å²) in [5.74, 6) is -1.89.